The zero-order valence-electron chi connectivity index (χ0n) is 17.6. The van der Waals surface area contributed by atoms with E-state index in [1.54, 1.807) is 0 Å². The van der Waals surface area contributed by atoms with Crippen LogP contribution in [0, 0.1) is 22.7 Å². The molecule has 1 saturated heterocycles. The third-order valence-electron chi connectivity index (χ3n) is 8.85. The molecule has 5 fully saturated rings. The van der Waals surface area contributed by atoms with E-state index in [-0.39, 0.29) is 29.6 Å². The van der Waals surface area contributed by atoms with Gasteiger partial charge in [0.1, 0.15) is 5.78 Å². The molecule has 30 heavy (non-hydrogen) atoms. The SMILES string of the molecule is O=C(CC1CCNCC1(F)F)C12CC3C[C@@](CCCl)(C1)C[C@](c1ccccc1)(C3)C2. The Bertz CT molecular complexity index is 817. The van der Waals surface area contributed by atoms with Gasteiger partial charge in [0.25, 0.3) is 5.92 Å². The molecule has 4 aliphatic carbocycles. The summed E-state index contributed by atoms with van der Waals surface area (Å²) in [6, 6.07) is 10.6. The average Bonchev–Trinajstić information content (AvgIpc) is 2.69. The van der Waals surface area contributed by atoms with Gasteiger partial charge in [0.2, 0.25) is 0 Å². The van der Waals surface area contributed by atoms with Gasteiger partial charge in [0.05, 0.1) is 6.54 Å². The normalized spacial score (nSPS) is 41.7. The molecule has 0 amide bonds. The van der Waals surface area contributed by atoms with Gasteiger partial charge >= 0.3 is 0 Å². The molecule has 4 bridgehead atoms. The van der Waals surface area contributed by atoms with E-state index in [1.807, 2.05) is 6.07 Å². The molecule has 0 aromatic heterocycles. The molecular weight excluding hydrogens is 404 g/mol. The predicted octanol–water partition coefficient (Wildman–Crippen LogP) is 5.73. The van der Waals surface area contributed by atoms with Gasteiger partial charge in [0.15, 0.2) is 0 Å². The number of carbonyl (C=O) groups excluding carboxylic acids is 1. The van der Waals surface area contributed by atoms with E-state index in [1.165, 1.54) is 5.56 Å². The molecule has 1 aliphatic heterocycles. The quantitative estimate of drug-likeness (QED) is 0.578. The first-order valence-electron chi connectivity index (χ1n) is 11.5. The second-order valence-electron chi connectivity index (χ2n) is 10.9. The van der Waals surface area contributed by atoms with Crippen molar-refractivity contribution in [3.8, 4) is 0 Å². The fourth-order valence-electron chi connectivity index (χ4n) is 8.12. The molecule has 1 N–H and O–H groups in total. The molecule has 1 aromatic carbocycles. The highest BCUT2D eigenvalue weighted by Gasteiger charge is 2.65. The van der Waals surface area contributed by atoms with Crippen molar-refractivity contribution in [2.45, 2.75) is 69.1 Å². The number of alkyl halides is 3. The minimum Gasteiger partial charge on any atom is -0.311 e. The van der Waals surface area contributed by atoms with Crippen molar-refractivity contribution in [3.63, 3.8) is 0 Å². The summed E-state index contributed by atoms with van der Waals surface area (Å²) < 4.78 is 29.0. The number of nitrogens with one attached hydrogen (secondary N) is 1. The Balaban J connectivity index is 1.49. The fourth-order valence-corrected chi connectivity index (χ4v) is 8.52. The highest BCUT2D eigenvalue weighted by Crippen LogP contribution is 2.71. The molecular formula is C25H32ClF2NO. The monoisotopic (exact) mass is 435 g/mol. The van der Waals surface area contributed by atoms with Crippen LogP contribution in [0.25, 0.3) is 0 Å². The Hall–Kier alpha value is -1.00. The molecule has 1 heterocycles. The van der Waals surface area contributed by atoms with Gasteiger partial charge in [-0.05, 0) is 80.2 Å². The van der Waals surface area contributed by atoms with Crippen LogP contribution in [0.5, 0.6) is 0 Å². The number of halogens is 3. The Labute approximate surface area is 183 Å². The maximum atomic E-state index is 14.5. The first-order valence-corrected chi connectivity index (χ1v) is 12.1. The minimum atomic E-state index is -2.79. The number of carbonyl (C=O) groups is 1. The van der Waals surface area contributed by atoms with Crippen molar-refractivity contribution in [1.82, 2.24) is 5.32 Å². The number of ketones is 1. The maximum absolute atomic E-state index is 14.5. The third kappa shape index (κ3) is 3.33. The maximum Gasteiger partial charge on any atom is 0.263 e. The molecule has 0 spiro atoms. The fraction of sp³-hybridized carbons (Fsp3) is 0.720. The molecule has 1 aromatic rings. The van der Waals surface area contributed by atoms with Crippen molar-refractivity contribution in [3.05, 3.63) is 35.9 Å². The van der Waals surface area contributed by atoms with Crippen LogP contribution in [-0.2, 0) is 10.2 Å². The number of hydrogen-bond acceptors (Lipinski definition) is 2. The summed E-state index contributed by atoms with van der Waals surface area (Å²) in [4.78, 5) is 13.8. The van der Waals surface area contributed by atoms with Crippen molar-refractivity contribution < 1.29 is 13.6 Å². The molecule has 164 valence electrons. The number of Topliss-reactive ketones (excluding diaryl/α,β-unsaturated/α-hetero) is 1. The zero-order chi connectivity index (χ0) is 21.0. The number of hydrogen-bond donors (Lipinski definition) is 1. The summed E-state index contributed by atoms with van der Waals surface area (Å²) in [7, 11) is 0. The van der Waals surface area contributed by atoms with Crippen LogP contribution in [0.2, 0.25) is 0 Å². The van der Waals surface area contributed by atoms with Gasteiger partial charge < -0.3 is 5.32 Å². The summed E-state index contributed by atoms with van der Waals surface area (Å²) in [5, 5.41) is 2.79. The van der Waals surface area contributed by atoms with Crippen LogP contribution in [0.15, 0.2) is 30.3 Å². The topological polar surface area (TPSA) is 29.1 Å². The second kappa shape index (κ2) is 7.27. The van der Waals surface area contributed by atoms with Crippen LogP contribution >= 0.6 is 11.6 Å². The smallest absolute Gasteiger partial charge is 0.263 e. The Morgan fingerprint density at radius 2 is 1.90 bits per heavy atom. The Morgan fingerprint density at radius 3 is 2.63 bits per heavy atom. The third-order valence-corrected chi connectivity index (χ3v) is 9.03. The molecule has 5 aliphatic rings. The molecule has 3 unspecified atom stereocenters. The largest absolute Gasteiger partial charge is 0.311 e. The average molecular weight is 436 g/mol. The van der Waals surface area contributed by atoms with Gasteiger partial charge in [0, 0.05) is 23.6 Å². The lowest BCUT2D eigenvalue weighted by atomic mass is 9.37. The standard InChI is InChI=1S/C25H32ClF2NO/c26-8-7-22-11-18-12-23(14-22,19-4-2-1-3-5-19)16-24(13-18,15-22)21(30)10-20-6-9-29-17-25(20,27)28/h1-5,18,20,29H,6-17H2/t18?,20?,22-,23-,24?/m1/s1. The summed E-state index contributed by atoms with van der Waals surface area (Å²) >= 11 is 6.26. The van der Waals surface area contributed by atoms with E-state index >= 15 is 0 Å². The molecule has 5 heteroatoms. The number of benzene rings is 1. The first kappa shape index (κ1) is 20.9. The van der Waals surface area contributed by atoms with Crippen LogP contribution in [0.3, 0.4) is 0 Å². The molecule has 6 rings (SSSR count). The first-order chi connectivity index (χ1) is 14.3. The van der Waals surface area contributed by atoms with E-state index in [0.29, 0.717) is 24.8 Å². The minimum absolute atomic E-state index is 0.000959. The summed E-state index contributed by atoms with van der Waals surface area (Å²) in [6.45, 7) is 0.276. The van der Waals surface area contributed by atoms with Crippen LogP contribution in [0.4, 0.5) is 8.78 Å². The van der Waals surface area contributed by atoms with Crippen molar-refractivity contribution in [1.29, 1.82) is 0 Å². The van der Waals surface area contributed by atoms with E-state index in [9.17, 15) is 13.6 Å². The predicted molar refractivity (Wildman–Crippen MR) is 115 cm³/mol. The van der Waals surface area contributed by atoms with Crippen molar-refractivity contribution in [2.75, 3.05) is 19.0 Å². The van der Waals surface area contributed by atoms with Gasteiger partial charge in [-0.1, -0.05) is 30.3 Å². The summed E-state index contributed by atoms with van der Waals surface area (Å²) in [6.07, 6.45) is 7.28. The lowest BCUT2D eigenvalue weighted by Gasteiger charge is -2.66. The van der Waals surface area contributed by atoms with Crippen LogP contribution in [0.1, 0.15) is 63.4 Å². The molecule has 4 saturated carbocycles. The Kier molecular flexibility index (Phi) is 5.06. The van der Waals surface area contributed by atoms with Crippen LogP contribution < -0.4 is 5.32 Å². The molecule has 0 radical (unpaired) electrons. The summed E-state index contributed by atoms with van der Waals surface area (Å²) in [5.74, 6) is -2.40. The molecule has 2 nitrogen and oxygen atoms in total. The number of piperidine rings is 1. The van der Waals surface area contributed by atoms with Gasteiger partial charge in [-0.2, -0.15) is 0 Å². The Morgan fingerprint density at radius 1 is 1.10 bits per heavy atom. The van der Waals surface area contributed by atoms with E-state index in [4.69, 9.17) is 11.6 Å². The van der Waals surface area contributed by atoms with Crippen molar-refractivity contribution >= 4 is 17.4 Å². The second-order valence-corrected chi connectivity index (χ2v) is 11.3. The number of rotatable bonds is 6. The van der Waals surface area contributed by atoms with Gasteiger partial charge in [-0.15, -0.1) is 11.6 Å². The van der Waals surface area contributed by atoms with Crippen molar-refractivity contribution in [2.24, 2.45) is 22.7 Å². The lowest BCUT2D eigenvalue weighted by Crippen LogP contribution is -2.61. The van der Waals surface area contributed by atoms with Gasteiger partial charge in [-0.3, -0.25) is 4.79 Å². The van der Waals surface area contributed by atoms with E-state index in [0.717, 1.165) is 44.9 Å². The van der Waals surface area contributed by atoms with Crippen LogP contribution in [-0.4, -0.2) is 30.7 Å². The highest BCUT2D eigenvalue weighted by atomic mass is 35.5. The zero-order valence-corrected chi connectivity index (χ0v) is 18.3. The lowest BCUT2D eigenvalue weighted by molar-refractivity contribution is -0.165. The van der Waals surface area contributed by atoms with Gasteiger partial charge in [-0.25, -0.2) is 8.78 Å². The molecule has 5 atom stereocenters. The van der Waals surface area contributed by atoms with E-state index < -0.39 is 17.3 Å². The summed E-state index contributed by atoms with van der Waals surface area (Å²) in [5.41, 5.74) is 0.974. The highest BCUT2D eigenvalue weighted by molar-refractivity contribution is 6.17. The van der Waals surface area contributed by atoms with E-state index in [2.05, 4.69) is 29.6 Å².